The summed E-state index contributed by atoms with van der Waals surface area (Å²) in [6.45, 7) is 5.13. The summed E-state index contributed by atoms with van der Waals surface area (Å²) >= 11 is 6.01. The van der Waals surface area contributed by atoms with Gasteiger partial charge in [0.1, 0.15) is 5.60 Å². The number of hydrogen-bond acceptors (Lipinski definition) is 5. The van der Waals surface area contributed by atoms with Gasteiger partial charge in [0, 0.05) is 12.0 Å². The van der Waals surface area contributed by atoms with Gasteiger partial charge in [-0.15, -0.1) is 0 Å². The maximum Gasteiger partial charge on any atom is 0.344 e. The first kappa shape index (κ1) is 20.0. The molecule has 0 saturated carbocycles. The molecule has 1 aliphatic heterocycles. The minimum absolute atomic E-state index is 0.312. The molecule has 0 saturated heterocycles. The minimum Gasteiger partial charge on any atom is -0.483 e. The quantitative estimate of drug-likeness (QED) is 0.738. The molecule has 0 radical (unpaired) electrons. The van der Waals surface area contributed by atoms with Gasteiger partial charge in [0.05, 0.1) is 10.7 Å². The molecule has 0 fully saturated rings. The Kier molecular flexibility index (Phi) is 5.79. The van der Waals surface area contributed by atoms with Gasteiger partial charge in [-0.05, 0) is 39.0 Å². The van der Waals surface area contributed by atoms with E-state index in [9.17, 15) is 9.59 Å². The zero-order valence-corrected chi connectivity index (χ0v) is 16.7. The number of esters is 1. The highest BCUT2D eigenvalue weighted by molar-refractivity contribution is 6.33. The number of para-hydroxylation sites is 2. The van der Waals surface area contributed by atoms with Gasteiger partial charge < -0.3 is 19.5 Å². The second-order valence-corrected chi connectivity index (χ2v) is 7.58. The monoisotopic (exact) mass is 403 g/mol. The Labute approximate surface area is 168 Å². The molecule has 148 valence electrons. The number of fused-ring (bicyclic) bond motifs is 1. The number of rotatable bonds is 6. The van der Waals surface area contributed by atoms with E-state index in [-0.39, 0.29) is 12.2 Å². The van der Waals surface area contributed by atoms with E-state index < -0.39 is 18.0 Å². The number of carbonyl (C=O) groups excluding carboxylic acids is 2. The van der Waals surface area contributed by atoms with Gasteiger partial charge in [-0.3, -0.25) is 4.79 Å². The number of benzene rings is 2. The third kappa shape index (κ3) is 4.75. The predicted molar refractivity (Wildman–Crippen MR) is 106 cm³/mol. The lowest BCUT2D eigenvalue weighted by Gasteiger charge is -2.18. The van der Waals surface area contributed by atoms with Crippen LogP contribution < -0.4 is 14.8 Å². The van der Waals surface area contributed by atoms with Crippen molar-refractivity contribution in [3.8, 4) is 11.5 Å². The molecular weight excluding hydrogens is 382 g/mol. The fraction of sp³-hybridized carbons (Fsp3) is 0.333. The molecular formula is C21H22ClNO5. The summed E-state index contributed by atoms with van der Waals surface area (Å²) in [5.74, 6) is -0.0122. The largest absolute Gasteiger partial charge is 0.483 e. The Hall–Kier alpha value is -2.73. The third-order valence-electron chi connectivity index (χ3n) is 4.21. The number of nitrogens with one attached hydrogen (secondary N) is 1. The molecule has 2 aromatic carbocycles. The van der Waals surface area contributed by atoms with Crippen LogP contribution in [-0.4, -0.2) is 30.2 Å². The number of anilines is 1. The Bertz CT molecular complexity index is 896. The maximum atomic E-state index is 12.2. The van der Waals surface area contributed by atoms with Gasteiger partial charge in [0.2, 0.25) is 0 Å². The number of halogens is 1. The van der Waals surface area contributed by atoms with Gasteiger partial charge >= 0.3 is 5.97 Å². The average Bonchev–Trinajstić information content (AvgIpc) is 2.96. The Morgan fingerprint density at radius 1 is 1.21 bits per heavy atom. The van der Waals surface area contributed by atoms with Crippen LogP contribution in [0.5, 0.6) is 11.5 Å². The number of ether oxygens (including phenoxy) is 3. The second-order valence-electron chi connectivity index (χ2n) is 7.17. The van der Waals surface area contributed by atoms with Crippen molar-refractivity contribution in [2.45, 2.75) is 38.9 Å². The van der Waals surface area contributed by atoms with Crippen molar-refractivity contribution < 1.29 is 23.8 Å². The van der Waals surface area contributed by atoms with Crippen LogP contribution in [0.15, 0.2) is 42.5 Å². The maximum absolute atomic E-state index is 12.2. The first-order chi connectivity index (χ1) is 13.2. The van der Waals surface area contributed by atoms with Crippen LogP contribution in [0.3, 0.4) is 0 Å². The summed E-state index contributed by atoms with van der Waals surface area (Å²) in [5.41, 5.74) is 1.17. The zero-order valence-electron chi connectivity index (χ0n) is 16.0. The van der Waals surface area contributed by atoms with Crippen LogP contribution in [0.25, 0.3) is 0 Å². The van der Waals surface area contributed by atoms with E-state index in [1.54, 1.807) is 30.3 Å². The molecule has 1 heterocycles. The molecule has 0 aromatic heterocycles. The van der Waals surface area contributed by atoms with Crippen molar-refractivity contribution in [2.75, 3.05) is 11.9 Å². The molecule has 6 nitrogen and oxygen atoms in total. The molecule has 1 aliphatic rings. The summed E-state index contributed by atoms with van der Waals surface area (Å²) < 4.78 is 16.6. The van der Waals surface area contributed by atoms with E-state index >= 15 is 0 Å². The fourth-order valence-electron chi connectivity index (χ4n) is 2.92. The number of carbonyl (C=O) groups is 2. The summed E-state index contributed by atoms with van der Waals surface area (Å²) in [4.78, 5) is 24.3. The van der Waals surface area contributed by atoms with Crippen LogP contribution >= 0.6 is 11.6 Å². The van der Waals surface area contributed by atoms with Gasteiger partial charge in [0.15, 0.2) is 24.2 Å². The van der Waals surface area contributed by atoms with Gasteiger partial charge in [-0.1, -0.05) is 35.9 Å². The minimum atomic E-state index is -0.996. The van der Waals surface area contributed by atoms with Gasteiger partial charge in [-0.2, -0.15) is 0 Å². The Morgan fingerprint density at radius 3 is 2.71 bits per heavy atom. The van der Waals surface area contributed by atoms with Crippen LogP contribution in [0.1, 0.15) is 26.3 Å². The molecule has 0 aliphatic carbocycles. The van der Waals surface area contributed by atoms with E-state index in [0.29, 0.717) is 22.2 Å². The van der Waals surface area contributed by atoms with E-state index in [4.69, 9.17) is 25.8 Å². The second kappa shape index (κ2) is 8.10. The molecule has 1 unspecified atom stereocenters. The SMILES string of the molecule is CC(OC(=O)COc1cccc2c1OC(C)(C)C2)C(=O)Nc1ccccc1Cl. The normalized spacial score (nSPS) is 15.1. The molecule has 0 bridgehead atoms. The number of hydrogen-bond donors (Lipinski definition) is 1. The zero-order chi connectivity index (χ0) is 20.3. The third-order valence-corrected chi connectivity index (χ3v) is 4.54. The summed E-state index contributed by atoms with van der Waals surface area (Å²) in [7, 11) is 0. The van der Waals surface area contributed by atoms with Crippen molar-refractivity contribution in [1.82, 2.24) is 0 Å². The van der Waals surface area contributed by atoms with Gasteiger partial charge in [-0.25, -0.2) is 4.79 Å². The smallest absolute Gasteiger partial charge is 0.344 e. The topological polar surface area (TPSA) is 73.9 Å². The van der Waals surface area contributed by atoms with E-state index in [0.717, 1.165) is 12.0 Å². The van der Waals surface area contributed by atoms with Crippen molar-refractivity contribution in [1.29, 1.82) is 0 Å². The van der Waals surface area contributed by atoms with Crippen LogP contribution in [-0.2, 0) is 20.7 Å². The molecule has 28 heavy (non-hydrogen) atoms. The highest BCUT2D eigenvalue weighted by atomic mass is 35.5. The molecule has 3 rings (SSSR count). The molecule has 2 aromatic rings. The van der Waals surface area contributed by atoms with Crippen LogP contribution in [0, 0.1) is 0 Å². The average molecular weight is 404 g/mol. The highest BCUT2D eigenvalue weighted by Crippen LogP contribution is 2.41. The molecule has 7 heteroatoms. The first-order valence-corrected chi connectivity index (χ1v) is 9.31. The summed E-state index contributed by atoms with van der Waals surface area (Å²) in [6, 6.07) is 12.4. The van der Waals surface area contributed by atoms with Crippen molar-refractivity contribution in [3.05, 3.63) is 53.1 Å². The van der Waals surface area contributed by atoms with Crippen LogP contribution in [0.2, 0.25) is 5.02 Å². The molecule has 1 atom stereocenters. The fourth-order valence-corrected chi connectivity index (χ4v) is 3.10. The lowest BCUT2D eigenvalue weighted by atomic mass is 10.0. The van der Waals surface area contributed by atoms with Crippen molar-refractivity contribution >= 4 is 29.2 Å². The van der Waals surface area contributed by atoms with E-state index in [2.05, 4.69) is 5.32 Å². The van der Waals surface area contributed by atoms with E-state index in [1.807, 2.05) is 26.0 Å². The standard InChI is InChI=1S/C21H22ClNO5/c1-13(20(25)23-16-9-5-4-8-15(16)22)27-18(24)12-26-17-10-6-7-14-11-21(2,3)28-19(14)17/h4-10,13H,11-12H2,1-3H3,(H,23,25). The summed E-state index contributed by atoms with van der Waals surface area (Å²) in [6.07, 6.45) is -0.229. The van der Waals surface area contributed by atoms with Crippen LogP contribution in [0.4, 0.5) is 5.69 Å². The Balaban J connectivity index is 1.53. The predicted octanol–water partition coefficient (Wildman–Crippen LogP) is 4.00. The first-order valence-electron chi connectivity index (χ1n) is 8.94. The summed E-state index contributed by atoms with van der Waals surface area (Å²) in [5, 5.41) is 3.02. The lowest BCUT2D eigenvalue weighted by Crippen LogP contribution is -2.31. The van der Waals surface area contributed by atoms with Crippen molar-refractivity contribution in [2.24, 2.45) is 0 Å². The van der Waals surface area contributed by atoms with E-state index in [1.165, 1.54) is 6.92 Å². The number of amides is 1. The lowest BCUT2D eigenvalue weighted by molar-refractivity contribution is -0.155. The molecule has 0 spiro atoms. The molecule has 1 amide bonds. The van der Waals surface area contributed by atoms with Gasteiger partial charge in [0.25, 0.3) is 5.91 Å². The van der Waals surface area contributed by atoms with Crippen molar-refractivity contribution in [3.63, 3.8) is 0 Å². The highest BCUT2D eigenvalue weighted by Gasteiger charge is 2.32. The molecule has 1 N–H and O–H groups in total. The Morgan fingerprint density at radius 2 is 1.96 bits per heavy atom.